The molecular weight excluding hydrogens is 406 g/mol. The molecule has 2 N–H and O–H groups in total. The maximum absolute atomic E-state index is 12.7. The molecule has 1 amide bonds. The Bertz CT molecular complexity index is 1210. The van der Waals surface area contributed by atoms with E-state index in [1.54, 1.807) is 23.5 Å². The van der Waals surface area contributed by atoms with Gasteiger partial charge in [0.15, 0.2) is 0 Å². The second-order valence-corrected chi connectivity index (χ2v) is 8.18. The molecule has 0 spiro atoms. The van der Waals surface area contributed by atoms with Gasteiger partial charge in [-0.3, -0.25) is 4.79 Å². The summed E-state index contributed by atoms with van der Waals surface area (Å²) in [5.74, 6) is 0.358. The van der Waals surface area contributed by atoms with E-state index in [2.05, 4.69) is 44.6 Å². The number of thiazole rings is 1. The van der Waals surface area contributed by atoms with Crippen molar-refractivity contribution in [3.8, 4) is 10.6 Å². The van der Waals surface area contributed by atoms with Crippen molar-refractivity contribution in [3.05, 3.63) is 88.2 Å². The lowest BCUT2D eigenvalue weighted by Crippen LogP contribution is -2.23. The minimum atomic E-state index is -0.157. The Morgan fingerprint density at radius 2 is 1.71 bits per heavy atom. The number of aromatic nitrogens is 3. The molecule has 0 aliphatic carbocycles. The Hall–Kier alpha value is -3.58. The van der Waals surface area contributed by atoms with Crippen molar-refractivity contribution in [2.75, 3.05) is 5.32 Å². The summed E-state index contributed by atoms with van der Waals surface area (Å²) in [6, 6.07) is 17.4. The van der Waals surface area contributed by atoms with Crippen LogP contribution in [0, 0.1) is 20.8 Å². The lowest BCUT2D eigenvalue weighted by atomic mass is 10.1. The third kappa shape index (κ3) is 5.13. The van der Waals surface area contributed by atoms with Crippen molar-refractivity contribution in [3.63, 3.8) is 0 Å². The van der Waals surface area contributed by atoms with Crippen LogP contribution in [-0.2, 0) is 6.54 Å². The number of nitrogens with one attached hydrogen (secondary N) is 2. The van der Waals surface area contributed by atoms with Crippen LogP contribution in [0.3, 0.4) is 0 Å². The second-order valence-electron chi connectivity index (χ2n) is 7.32. The van der Waals surface area contributed by atoms with Crippen LogP contribution in [0.25, 0.3) is 10.6 Å². The molecule has 0 radical (unpaired) electrons. The van der Waals surface area contributed by atoms with E-state index < -0.39 is 0 Å². The highest BCUT2D eigenvalue weighted by atomic mass is 32.1. The molecule has 0 unspecified atom stereocenters. The van der Waals surface area contributed by atoms with E-state index in [1.165, 1.54) is 5.56 Å². The van der Waals surface area contributed by atoms with Crippen molar-refractivity contribution in [2.24, 2.45) is 0 Å². The Morgan fingerprint density at radius 3 is 2.48 bits per heavy atom. The number of aryl methyl sites for hydroxylation is 3. The van der Waals surface area contributed by atoms with Crippen LogP contribution < -0.4 is 10.6 Å². The molecule has 0 saturated carbocycles. The average Bonchev–Trinajstić information content (AvgIpc) is 3.20. The van der Waals surface area contributed by atoms with Crippen LogP contribution in [0.4, 0.5) is 11.6 Å². The third-order valence-electron chi connectivity index (χ3n) is 4.72. The van der Waals surface area contributed by atoms with Crippen LogP contribution in [0.2, 0.25) is 0 Å². The number of nitrogens with zero attached hydrogens (tertiary/aromatic N) is 3. The van der Waals surface area contributed by atoms with Gasteiger partial charge < -0.3 is 10.6 Å². The van der Waals surface area contributed by atoms with Gasteiger partial charge in [0.1, 0.15) is 5.01 Å². The van der Waals surface area contributed by atoms with Gasteiger partial charge in [-0.1, -0.05) is 30.3 Å². The van der Waals surface area contributed by atoms with Crippen molar-refractivity contribution in [1.29, 1.82) is 0 Å². The van der Waals surface area contributed by atoms with Crippen molar-refractivity contribution >= 4 is 28.9 Å². The number of rotatable bonds is 6. The molecule has 0 bridgehead atoms. The SMILES string of the molecule is Cc1cc(C)nc(Nc2cccc(C(=O)NCc3csc(-c4ccccc4C)n3)c2)n1. The number of hydrogen-bond acceptors (Lipinski definition) is 6. The predicted octanol–water partition coefficient (Wildman–Crippen LogP) is 5.20. The fraction of sp³-hybridized carbons (Fsp3) is 0.167. The highest BCUT2D eigenvalue weighted by molar-refractivity contribution is 7.13. The van der Waals surface area contributed by atoms with Crippen molar-refractivity contribution in [1.82, 2.24) is 20.3 Å². The van der Waals surface area contributed by atoms with Crippen LogP contribution in [0.5, 0.6) is 0 Å². The monoisotopic (exact) mass is 429 g/mol. The van der Waals surface area contributed by atoms with Gasteiger partial charge >= 0.3 is 0 Å². The van der Waals surface area contributed by atoms with E-state index in [0.29, 0.717) is 18.1 Å². The molecule has 2 aromatic heterocycles. The Kier molecular flexibility index (Phi) is 6.04. The number of carbonyl (C=O) groups is 1. The summed E-state index contributed by atoms with van der Waals surface area (Å²) in [6.07, 6.45) is 0. The summed E-state index contributed by atoms with van der Waals surface area (Å²) >= 11 is 1.58. The molecule has 0 atom stereocenters. The lowest BCUT2D eigenvalue weighted by molar-refractivity contribution is 0.0950. The first kappa shape index (κ1) is 20.7. The van der Waals surface area contributed by atoms with Crippen LogP contribution in [0.15, 0.2) is 60.0 Å². The summed E-state index contributed by atoms with van der Waals surface area (Å²) in [6.45, 7) is 6.29. The quantitative estimate of drug-likeness (QED) is 0.440. The number of anilines is 2. The first-order valence-electron chi connectivity index (χ1n) is 9.96. The molecule has 0 saturated heterocycles. The van der Waals surface area contributed by atoms with Gasteiger partial charge in [-0.2, -0.15) is 0 Å². The van der Waals surface area contributed by atoms with E-state index in [-0.39, 0.29) is 5.91 Å². The Labute approximate surface area is 185 Å². The van der Waals surface area contributed by atoms with Gasteiger partial charge in [0.2, 0.25) is 5.95 Å². The van der Waals surface area contributed by atoms with Gasteiger partial charge in [-0.15, -0.1) is 11.3 Å². The van der Waals surface area contributed by atoms with Crippen molar-refractivity contribution < 1.29 is 4.79 Å². The molecule has 6 nitrogen and oxygen atoms in total. The van der Waals surface area contributed by atoms with Gasteiger partial charge in [-0.25, -0.2) is 15.0 Å². The molecule has 0 aliphatic rings. The van der Waals surface area contributed by atoms with Gasteiger partial charge in [0.25, 0.3) is 5.91 Å². The zero-order valence-corrected chi connectivity index (χ0v) is 18.5. The largest absolute Gasteiger partial charge is 0.346 e. The minimum Gasteiger partial charge on any atom is -0.346 e. The summed E-state index contributed by atoms with van der Waals surface area (Å²) in [7, 11) is 0. The highest BCUT2D eigenvalue weighted by Gasteiger charge is 2.10. The maximum Gasteiger partial charge on any atom is 0.251 e. The summed E-state index contributed by atoms with van der Waals surface area (Å²) < 4.78 is 0. The molecule has 4 rings (SSSR count). The first-order valence-corrected chi connectivity index (χ1v) is 10.8. The zero-order chi connectivity index (χ0) is 21.8. The molecule has 0 aliphatic heterocycles. The van der Waals surface area contributed by atoms with E-state index >= 15 is 0 Å². The molecule has 4 aromatic rings. The predicted molar refractivity (Wildman–Crippen MR) is 125 cm³/mol. The molecule has 2 aromatic carbocycles. The van der Waals surface area contributed by atoms with Crippen LogP contribution in [0.1, 0.15) is 33.0 Å². The Balaban J connectivity index is 1.41. The van der Waals surface area contributed by atoms with E-state index in [1.807, 2.05) is 49.6 Å². The standard InChI is InChI=1S/C24H23N5OS/c1-15-7-4-5-10-21(15)23-28-20(14-31-23)13-25-22(30)18-8-6-9-19(12-18)29-24-26-16(2)11-17(3)27-24/h4-12,14H,13H2,1-3H3,(H,25,30)(H,26,27,29). The van der Waals surface area contributed by atoms with Crippen molar-refractivity contribution in [2.45, 2.75) is 27.3 Å². The molecule has 31 heavy (non-hydrogen) atoms. The first-order chi connectivity index (χ1) is 15.0. The average molecular weight is 430 g/mol. The van der Waals surface area contributed by atoms with Crippen LogP contribution >= 0.6 is 11.3 Å². The topological polar surface area (TPSA) is 79.8 Å². The maximum atomic E-state index is 12.7. The molecule has 7 heteroatoms. The van der Waals surface area contributed by atoms with E-state index in [0.717, 1.165) is 33.3 Å². The minimum absolute atomic E-state index is 0.157. The van der Waals surface area contributed by atoms with E-state index in [9.17, 15) is 4.79 Å². The number of amides is 1. The summed E-state index contributed by atoms with van der Waals surface area (Å²) in [4.78, 5) is 26.1. The van der Waals surface area contributed by atoms with Gasteiger partial charge in [0.05, 0.1) is 12.2 Å². The van der Waals surface area contributed by atoms with Gasteiger partial charge in [0, 0.05) is 33.6 Å². The fourth-order valence-electron chi connectivity index (χ4n) is 3.25. The fourth-order valence-corrected chi connectivity index (χ4v) is 4.16. The molecular formula is C24H23N5OS. The second kappa shape index (κ2) is 9.06. The zero-order valence-electron chi connectivity index (χ0n) is 17.6. The number of benzene rings is 2. The highest BCUT2D eigenvalue weighted by Crippen LogP contribution is 2.26. The number of carbonyl (C=O) groups excluding carboxylic acids is 1. The Morgan fingerprint density at radius 1 is 0.935 bits per heavy atom. The van der Waals surface area contributed by atoms with E-state index in [4.69, 9.17) is 0 Å². The lowest BCUT2D eigenvalue weighted by Gasteiger charge is -2.09. The van der Waals surface area contributed by atoms with Gasteiger partial charge in [-0.05, 0) is 50.6 Å². The molecule has 156 valence electrons. The third-order valence-corrected chi connectivity index (χ3v) is 5.64. The summed E-state index contributed by atoms with van der Waals surface area (Å²) in [5.41, 5.74) is 6.24. The number of hydrogen-bond donors (Lipinski definition) is 2. The normalized spacial score (nSPS) is 10.7. The molecule has 0 fully saturated rings. The van der Waals surface area contributed by atoms with Crippen LogP contribution in [-0.4, -0.2) is 20.9 Å². The summed E-state index contributed by atoms with van der Waals surface area (Å²) in [5, 5.41) is 9.06. The molecule has 2 heterocycles. The smallest absolute Gasteiger partial charge is 0.251 e.